The number of carbonyl (C=O) groups is 1. The van der Waals surface area contributed by atoms with Crippen LogP contribution in [0.2, 0.25) is 0 Å². The predicted octanol–water partition coefficient (Wildman–Crippen LogP) is 0.650. The number of rotatable bonds is 5. The van der Waals surface area contributed by atoms with Gasteiger partial charge in [0.25, 0.3) is 0 Å². The Hall–Kier alpha value is -1.40. The zero-order valence-electron chi connectivity index (χ0n) is 11.7. The number of likely N-dealkylation sites (N-methyl/N-ethyl adjacent to an activating group) is 1. The molecule has 1 saturated heterocycles. The maximum atomic E-state index is 11.2. The van der Waals surface area contributed by atoms with Gasteiger partial charge < -0.3 is 9.84 Å². The zero-order valence-corrected chi connectivity index (χ0v) is 11.7. The van der Waals surface area contributed by atoms with Gasteiger partial charge in [-0.25, -0.2) is 0 Å². The molecular weight excluding hydrogens is 246 g/mol. The Morgan fingerprint density at radius 3 is 2.89 bits per heavy atom. The smallest absolute Gasteiger partial charge is 0.310 e. The van der Waals surface area contributed by atoms with Crippen molar-refractivity contribution in [3.63, 3.8) is 0 Å². The van der Waals surface area contributed by atoms with Crippen LogP contribution in [0.3, 0.4) is 0 Å². The SMILES string of the molecule is CCN(Cc1cc(C)nn1C)C1COCC1C(=O)O. The molecule has 106 valence electrons. The van der Waals surface area contributed by atoms with Crippen LogP contribution in [0.1, 0.15) is 18.3 Å². The molecule has 1 N–H and O–H groups in total. The Kier molecular flexibility index (Phi) is 4.21. The Morgan fingerprint density at radius 1 is 1.63 bits per heavy atom. The van der Waals surface area contributed by atoms with Crippen molar-refractivity contribution in [2.75, 3.05) is 19.8 Å². The van der Waals surface area contributed by atoms with E-state index in [-0.39, 0.29) is 6.04 Å². The van der Waals surface area contributed by atoms with E-state index in [9.17, 15) is 9.90 Å². The van der Waals surface area contributed by atoms with Gasteiger partial charge in [-0.3, -0.25) is 14.4 Å². The molecule has 6 heteroatoms. The molecule has 2 unspecified atom stereocenters. The monoisotopic (exact) mass is 267 g/mol. The van der Waals surface area contributed by atoms with Gasteiger partial charge in [-0.2, -0.15) is 5.10 Å². The number of nitrogens with zero attached hydrogens (tertiary/aromatic N) is 3. The third-order valence-corrected chi connectivity index (χ3v) is 3.71. The lowest BCUT2D eigenvalue weighted by Crippen LogP contribution is -2.42. The molecular formula is C13H21N3O3. The molecule has 1 aromatic rings. The predicted molar refractivity (Wildman–Crippen MR) is 69.8 cm³/mol. The quantitative estimate of drug-likeness (QED) is 0.848. The van der Waals surface area contributed by atoms with Crippen LogP contribution >= 0.6 is 0 Å². The number of hydrogen-bond donors (Lipinski definition) is 1. The summed E-state index contributed by atoms with van der Waals surface area (Å²) in [4.78, 5) is 13.4. The van der Waals surface area contributed by atoms with Crippen LogP contribution in [0.15, 0.2) is 6.07 Å². The van der Waals surface area contributed by atoms with Crippen LogP contribution in [0, 0.1) is 12.8 Å². The summed E-state index contributed by atoms with van der Waals surface area (Å²) < 4.78 is 7.19. The van der Waals surface area contributed by atoms with Crippen LogP contribution < -0.4 is 0 Å². The molecule has 1 aliphatic rings. The van der Waals surface area contributed by atoms with E-state index in [1.54, 1.807) is 0 Å². The molecule has 0 radical (unpaired) electrons. The molecule has 0 aromatic carbocycles. The molecule has 2 rings (SSSR count). The highest BCUT2D eigenvalue weighted by Crippen LogP contribution is 2.22. The van der Waals surface area contributed by atoms with E-state index in [0.717, 1.165) is 17.9 Å². The Morgan fingerprint density at radius 2 is 2.37 bits per heavy atom. The summed E-state index contributed by atoms with van der Waals surface area (Å²) in [5, 5.41) is 13.6. The maximum absolute atomic E-state index is 11.2. The first-order valence-electron chi connectivity index (χ1n) is 6.57. The largest absolute Gasteiger partial charge is 0.481 e. The summed E-state index contributed by atoms with van der Waals surface area (Å²) in [5.41, 5.74) is 2.07. The highest BCUT2D eigenvalue weighted by molar-refractivity contribution is 5.71. The van der Waals surface area contributed by atoms with Crippen molar-refractivity contribution in [3.05, 3.63) is 17.5 Å². The van der Waals surface area contributed by atoms with Gasteiger partial charge in [-0.05, 0) is 19.5 Å². The van der Waals surface area contributed by atoms with E-state index in [2.05, 4.69) is 10.00 Å². The zero-order chi connectivity index (χ0) is 14.0. The van der Waals surface area contributed by atoms with Crippen LogP contribution in [0.5, 0.6) is 0 Å². The number of carboxylic acids is 1. The van der Waals surface area contributed by atoms with Gasteiger partial charge >= 0.3 is 5.97 Å². The van der Waals surface area contributed by atoms with Gasteiger partial charge in [0.2, 0.25) is 0 Å². The van der Waals surface area contributed by atoms with Crippen molar-refractivity contribution < 1.29 is 14.6 Å². The Labute approximate surface area is 113 Å². The second kappa shape index (κ2) is 5.71. The first kappa shape index (κ1) is 14.0. The lowest BCUT2D eigenvalue weighted by Gasteiger charge is -2.28. The molecule has 1 fully saturated rings. The topological polar surface area (TPSA) is 67.6 Å². The van der Waals surface area contributed by atoms with Crippen LogP contribution in [0.25, 0.3) is 0 Å². The molecule has 0 aliphatic carbocycles. The number of aromatic nitrogens is 2. The van der Waals surface area contributed by atoms with E-state index < -0.39 is 11.9 Å². The number of carboxylic acid groups (broad SMARTS) is 1. The summed E-state index contributed by atoms with van der Waals surface area (Å²) in [7, 11) is 1.91. The van der Waals surface area contributed by atoms with Gasteiger partial charge in [-0.1, -0.05) is 6.92 Å². The van der Waals surface area contributed by atoms with E-state index in [1.165, 1.54) is 0 Å². The molecule has 6 nitrogen and oxygen atoms in total. The summed E-state index contributed by atoms with van der Waals surface area (Å²) in [5.74, 6) is -1.21. The molecule has 0 bridgehead atoms. The third kappa shape index (κ3) is 2.96. The molecule has 0 amide bonds. The van der Waals surface area contributed by atoms with Crippen molar-refractivity contribution in [1.29, 1.82) is 0 Å². The number of hydrogen-bond acceptors (Lipinski definition) is 4. The second-order valence-corrected chi connectivity index (χ2v) is 5.01. The molecule has 19 heavy (non-hydrogen) atoms. The third-order valence-electron chi connectivity index (χ3n) is 3.71. The first-order valence-corrected chi connectivity index (χ1v) is 6.57. The van der Waals surface area contributed by atoms with Crippen molar-refractivity contribution in [1.82, 2.24) is 14.7 Å². The van der Waals surface area contributed by atoms with E-state index in [0.29, 0.717) is 19.8 Å². The van der Waals surface area contributed by atoms with Crippen LogP contribution in [-0.4, -0.2) is 51.6 Å². The average molecular weight is 267 g/mol. The lowest BCUT2D eigenvalue weighted by atomic mass is 10.0. The number of ether oxygens (including phenoxy) is 1. The summed E-state index contributed by atoms with van der Waals surface area (Å²) >= 11 is 0. The minimum Gasteiger partial charge on any atom is -0.481 e. The maximum Gasteiger partial charge on any atom is 0.310 e. The van der Waals surface area contributed by atoms with Crippen LogP contribution in [-0.2, 0) is 23.1 Å². The first-order chi connectivity index (χ1) is 9.02. The van der Waals surface area contributed by atoms with E-state index in [1.807, 2.05) is 31.6 Å². The Balaban J connectivity index is 2.11. The second-order valence-electron chi connectivity index (χ2n) is 5.01. The fourth-order valence-corrected chi connectivity index (χ4v) is 2.62. The number of aryl methyl sites for hydroxylation is 2. The lowest BCUT2D eigenvalue weighted by molar-refractivity contribution is -0.143. The van der Waals surface area contributed by atoms with Crippen molar-refractivity contribution in [2.45, 2.75) is 26.4 Å². The Bertz CT molecular complexity index is 458. The fourth-order valence-electron chi connectivity index (χ4n) is 2.62. The minimum atomic E-state index is -0.776. The van der Waals surface area contributed by atoms with Gasteiger partial charge in [0, 0.05) is 19.6 Å². The van der Waals surface area contributed by atoms with Gasteiger partial charge in [0.15, 0.2) is 0 Å². The van der Waals surface area contributed by atoms with Crippen LogP contribution in [0.4, 0.5) is 0 Å². The van der Waals surface area contributed by atoms with E-state index in [4.69, 9.17) is 4.74 Å². The van der Waals surface area contributed by atoms with Gasteiger partial charge in [-0.15, -0.1) is 0 Å². The standard InChI is InChI=1S/C13H21N3O3/c1-4-16(6-10-5-9(2)14-15(10)3)12-8-19-7-11(12)13(17)18/h5,11-12H,4,6-8H2,1-3H3,(H,17,18). The highest BCUT2D eigenvalue weighted by atomic mass is 16.5. The number of aliphatic carboxylic acids is 1. The molecule has 1 aromatic heterocycles. The molecule has 2 atom stereocenters. The average Bonchev–Trinajstić information content (AvgIpc) is 2.93. The van der Waals surface area contributed by atoms with Gasteiger partial charge in [0.05, 0.1) is 30.5 Å². The van der Waals surface area contributed by atoms with Crippen molar-refractivity contribution in [2.24, 2.45) is 13.0 Å². The normalized spacial score (nSPS) is 23.2. The van der Waals surface area contributed by atoms with E-state index >= 15 is 0 Å². The molecule has 0 spiro atoms. The van der Waals surface area contributed by atoms with Crippen molar-refractivity contribution >= 4 is 5.97 Å². The molecule has 1 aliphatic heterocycles. The molecule has 0 saturated carbocycles. The van der Waals surface area contributed by atoms with Gasteiger partial charge in [0.1, 0.15) is 0 Å². The summed E-state index contributed by atoms with van der Waals surface area (Å²) in [6.45, 7) is 6.29. The molecule has 2 heterocycles. The summed E-state index contributed by atoms with van der Waals surface area (Å²) in [6.07, 6.45) is 0. The fraction of sp³-hybridized carbons (Fsp3) is 0.692. The minimum absolute atomic E-state index is 0.0577. The summed E-state index contributed by atoms with van der Waals surface area (Å²) in [6, 6.07) is 1.98. The van der Waals surface area contributed by atoms with Crippen molar-refractivity contribution in [3.8, 4) is 0 Å². The highest BCUT2D eigenvalue weighted by Gasteiger charge is 2.37.